The third kappa shape index (κ3) is 3.41. The molecule has 9 heteroatoms. The first kappa shape index (κ1) is 17.0. The molecule has 5 rings (SSSR count). The van der Waals surface area contributed by atoms with E-state index in [1.54, 1.807) is 23.3 Å². The molecule has 0 radical (unpaired) electrons. The lowest BCUT2D eigenvalue weighted by molar-refractivity contribution is 0.664. The van der Waals surface area contributed by atoms with Crippen LogP contribution >= 0.6 is 0 Å². The number of nitrogens with one attached hydrogen (secondary N) is 2. The van der Waals surface area contributed by atoms with Gasteiger partial charge in [-0.05, 0) is 29.8 Å². The smallest absolute Gasteiger partial charge is 0.221 e. The summed E-state index contributed by atoms with van der Waals surface area (Å²) < 4.78 is 1.74. The maximum absolute atomic E-state index is 4.64. The van der Waals surface area contributed by atoms with E-state index in [9.17, 15) is 0 Å². The molecule has 0 bridgehead atoms. The average Bonchev–Trinajstić information content (AvgIpc) is 3.16. The standard InChI is InChI=1S/C20H17N9/c1-21-17-7-6-15(10-23-17)25-18-11-24-19-20(26-18)29(28-27-19)12-13-4-5-14-3-2-8-22-16(14)9-13/h2-11H,12H2,1H3,(H,21,23)(H,25,26). The molecule has 0 unspecified atom stereocenters. The third-order valence-corrected chi connectivity index (χ3v) is 4.52. The molecule has 1 aromatic carbocycles. The molecular weight excluding hydrogens is 366 g/mol. The lowest BCUT2D eigenvalue weighted by Crippen LogP contribution is -2.04. The summed E-state index contributed by atoms with van der Waals surface area (Å²) >= 11 is 0. The van der Waals surface area contributed by atoms with Crippen LogP contribution in [0.4, 0.5) is 17.3 Å². The average molecular weight is 383 g/mol. The van der Waals surface area contributed by atoms with Crippen molar-refractivity contribution in [2.75, 3.05) is 17.7 Å². The second-order valence-corrected chi connectivity index (χ2v) is 6.49. The van der Waals surface area contributed by atoms with Crippen molar-refractivity contribution in [3.8, 4) is 0 Å². The third-order valence-electron chi connectivity index (χ3n) is 4.52. The van der Waals surface area contributed by atoms with Gasteiger partial charge in [0.25, 0.3) is 0 Å². The van der Waals surface area contributed by atoms with Crippen LogP contribution in [0.25, 0.3) is 22.2 Å². The normalized spacial score (nSPS) is 11.1. The first-order chi connectivity index (χ1) is 14.3. The van der Waals surface area contributed by atoms with Crippen LogP contribution in [-0.4, -0.2) is 42.0 Å². The second kappa shape index (κ2) is 7.12. The van der Waals surface area contributed by atoms with Crippen molar-refractivity contribution in [1.82, 2.24) is 34.9 Å². The minimum absolute atomic E-state index is 0.498. The summed E-state index contributed by atoms with van der Waals surface area (Å²) in [5.74, 6) is 1.39. The van der Waals surface area contributed by atoms with Crippen LogP contribution in [0.5, 0.6) is 0 Å². The Morgan fingerprint density at radius 3 is 2.79 bits per heavy atom. The van der Waals surface area contributed by atoms with Gasteiger partial charge in [-0.25, -0.2) is 19.6 Å². The van der Waals surface area contributed by atoms with E-state index in [0.29, 0.717) is 23.7 Å². The number of anilines is 3. The molecule has 29 heavy (non-hydrogen) atoms. The lowest BCUT2D eigenvalue weighted by atomic mass is 10.1. The Bertz CT molecular complexity index is 1290. The molecule has 2 N–H and O–H groups in total. The number of hydrogen-bond acceptors (Lipinski definition) is 8. The number of benzene rings is 1. The SMILES string of the molecule is CNc1ccc(Nc2cnc3nnn(Cc4ccc5cccnc5c4)c3n2)cn1. The maximum Gasteiger partial charge on any atom is 0.221 e. The summed E-state index contributed by atoms with van der Waals surface area (Å²) in [6, 6.07) is 13.9. The van der Waals surface area contributed by atoms with E-state index in [1.807, 2.05) is 37.4 Å². The number of rotatable bonds is 5. The molecule has 5 aromatic rings. The number of aromatic nitrogens is 7. The first-order valence-electron chi connectivity index (χ1n) is 9.09. The van der Waals surface area contributed by atoms with E-state index in [0.717, 1.165) is 28.0 Å². The van der Waals surface area contributed by atoms with Gasteiger partial charge in [0.1, 0.15) is 5.82 Å². The molecule has 0 aliphatic rings. The van der Waals surface area contributed by atoms with Crippen molar-refractivity contribution in [2.24, 2.45) is 0 Å². The molecule has 0 saturated carbocycles. The van der Waals surface area contributed by atoms with Crippen LogP contribution in [0, 0.1) is 0 Å². The van der Waals surface area contributed by atoms with Gasteiger partial charge in [0.2, 0.25) is 5.65 Å². The Morgan fingerprint density at radius 1 is 0.966 bits per heavy atom. The van der Waals surface area contributed by atoms with Gasteiger partial charge in [-0.1, -0.05) is 23.4 Å². The predicted molar refractivity (Wildman–Crippen MR) is 111 cm³/mol. The number of nitrogens with zero attached hydrogens (tertiary/aromatic N) is 7. The molecule has 0 aliphatic carbocycles. The van der Waals surface area contributed by atoms with Crippen molar-refractivity contribution in [3.05, 3.63) is 66.6 Å². The molecule has 0 saturated heterocycles. The molecule has 0 fully saturated rings. The first-order valence-corrected chi connectivity index (χ1v) is 9.09. The molecule has 0 spiro atoms. The molecule has 0 aliphatic heterocycles. The topological polar surface area (TPSA) is 106 Å². The number of hydrogen-bond donors (Lipinski definition) is 2. The van der Waals surface area contributed by atoms with E-state index in [1.165, 1.54) is 0 Å². The molecule has 9 nitrogen and oxygen atoms in total. The van der Waals surface area contributed by atoms with Crippen LogP contribution in [0.15, 0.2) is 61.1 Å². The van der Waals surface area contributed by atoms with Crippen molar-refractivity contribution < 1.29 is 0 Å². The Hall–Kier alpha value is -4.14. The molecular formula is C20H17N9. The van der Waals surface area contributed by atoms with Crippen LogP contribution in [-0.2, 0) is 6.54 Å². The quantitative estimate of drug-likeness (QED) is 0.477. The summed E-state index contributed by atoms with van der Waals surface area (Å²) in [7, 11) is 1.83. The Kier molecular flexibility index (Phi) is 4.17. The molecule has 142 valence electrons. The van der Waals surface area contributed by atoms with Gasteiger partial charge in [0, 0.05) is 18.6 Å². The highest BCUT2D eigenvalue weighted by Gasteiger charge is 2.10. The van der Waals surface area contributed by atoms with E-state index < -0.39 is 0 Å². The monoisotopic (exact) mass is 383 g/mol. The van der Waals surface area contributed by atoms with E-state index in [-0.39, 0.29) is 0 Å². The fourth-order valence-electron chi connectivity index (χ4n) is 3.07. The lowest BCUT2D eigenvalue weighted by Gasteiger charge is -2.07. The molecule has 0 amide bonds. The zero-order chi connectivity index (χ0) is 19.6. The Labute approximate surface area is 165 Å². The highest BCUT2D eigenvalue weighted by Crippen LogP contribution is 2.18. The van der Waals surface area contributed by atoms with Gasteiger partial charge in [0.05, 0.1) is 30.1 Å². The van der Waals surface area contributed by atoms with E-state index in [2.05, 4.69) is 53.0 Å². The minimum Gasteiger partial charge on any atom is -0.373 e. The summed E-state index contributed by atoms with van der Waals surface area (Å²) in [6.07, 6.45) is 5.15. The zero-order valence-electron chi connectivity index (χ0n) is 15.6. The van der Waals surface area contributed by atoms with Crippen LogP contribution < -0.4 is 10.6 Å². The van der Waals surface area contributed by atoms with Crippen LogP contribution in [0.3, 0.4) is 0 Å². The van der Waals surface area contributed by atoms with Crippen LogP contribution in [0.2, 0.25) is 0 Å². The van der Waals surface area contributed by atoms with Gasteiger partial charge in [-0.2, -0.15) is 0 Å². The van der Waals surface area contributed by atoms with Crippen molar-refractivity contribution in [3.63, 3.8) is 0 Å². The van der Waals surface area contributed by atoms with Crippen molar-refractivity contribution >= 4 is 39.5 Å². The summed E-state index contributed by atoms with van der Waals surface area (Å²) in [6.45, 7) is 0.527. The maximum atomic E-state index is 4.64. The van der Waals surface area contributed by atoms with E-state index >= 15 is 0 Å². The van der Waals surface area contributed by atoms with Crippen LogP contribution in [0.1, 0.15) is 5.56 Å². The van der Waals surface area contributed by atoms with Gasteiger partial charge < -0.3 is 10.6 Å². The van der Waals surface area contributed by atoms with Gasteiger partial charge in [0.15, 0.2) is 11.5 Å². The highest BCUT2D eigenvalue weighted by atomic mass is 15.5. The van der Waals surface area contributed by atoms with Crippen molar-refractivity contribution in [2.45, 2.75) is 6.54 Å². The van der Waals surface area contributed by atoms with Crippen molar-refractivity contribution in [1.29, 1.82) is 0 Å². The van der Waals surface area contributed by atoms with Gasteiger partial charge >= 0.3 is 0 Å². The summed E-state index contributed by atoms with van der Waals surface area (Å²) in [4.78, 5) is 17.7. The number of pyridine rings is 2. The highest BCUT2D eigenvalue weighted by molar-refractivity contribution is 5.79. The minimum atomic E-state index is 0.498. The number of fused-ring (bicyclic) bond motifs is 2. The Balaban J connectivity index is 1.43. The molecule has 4 heterocycles. The van der Waals surface area contributed by atoms with Gasteiger partial charge in [-0.15, -0.1) is 5.10 Å². The van der Waals surface area contributed by atoms with E-state index in [4.69, 9.17) is 0 Å². The fourth-order valence-corrected chi connectivity index (χ4v) is 3.07. The fraction of sp³-hybridized carbons (Fsp3) is 0.100. The van der Waals surface area contributed by atoms with Gasteiger partial charge in [-0.3, -0.25) is 4.98 Å². The summed E-state index contributed by atoms with van der Waals surface area (Å²) in [5, 5.41) is 15.6. The molecule has 0 atom stereocenters. The zero-order valence-corrected chi connectivity index (χ0v) is 15.6. The molecule has 4 aromatic heterocycles. The largest absolute Gasteiger partial charge is 0.373 e. The Morgan fingerprint density at radius 2 is 1.93 bits per heavy atom. The summed E-state index contributed by atoms with van der Waals surface area (Å²) in [5.41, 5.74) is 3.93. The predicted octanol–water partition coefficient (Wildman–Crippen LogP) is 3.00. The second-order valence-electron chi connectivity index (χ2n) is 6.49.